The molecule has 0 amide bonds. The first kappa shape index (κ1) is 8.19. The third kappa shape index (κ3) is 7.19. The lowest BCUT2D eigenvalue weighted by Gasteiger charge is -1.41. The van der Waals surface area contributed by atoms with Gasteiger partial charge in [-0.3, -0.25) is 4.98 Å². The van der Waals surface area contributed by atoms with Crippen LogP contribution in [0.3, 0.4) is 0 Å². The highest BCUT2D eigenvalue weighted by Gasteiger charge is 1.59. The Morgan fingerprint density at radius 1 is 1.33 bits per heavy atom. The highest BCUT2D eigenvalue weighted by atomic mass is 32.1. The SMILES string of the molecule is CC#CC.c1cscn1. The highest BCUT2D eigenvalue weighted by Crippen LogP contribution is 1.85. The maximum Gasteiger partial charge on any atom is 0.0791 e. The van der Waals surface area contributed by atoms with Gasteiger partial charge in [0.15, 0.2) is 0 Å². The summed E-state index contributed by atoms with van der Waals surface area (Å²) < 4.78 is 0. The average molecular weight is 139 g/mol. The highest BCUT2D eigenvalue weighted by molar-refractivity contribution is 7.07. The van der Waals surface area contributed by atoms with Gasteiger partial charge in [0.25, 0.3) is 0 Å². The quantitative estimate of drug-likeness (QED) is 0.502. The molecule has 0 atom stereocenters. The lowest BCUT2D eigenvalue weighted by molar-refractivity contribution is 1.43. The number of aromatic nitrogens is 1. The molecule has 1 heterocycles. The van der Waals surface area contributed by atoms with E-state index in [1.807, 2.05) is 19.2 Å². The Bertz CT molecular complexity index is 145. The molecular formula is C7H9NS. The zero-order chi connectivity index (χ0) is 6.95. The van der Waals surface area contributed by atoms with Crippen LogP contribution in [0.4, 0.5) is 0 Å². The van der Waals surface area contributed by atoms with Gasteiger partial charge in [-0.05, 0) is 13.8 Å². The van der Waals surface area contributed by atoms with Gasteiger partial charge in [-0.2, -0.15) is 0 Å². The van der Waals surface area contributed by atoms with Gasteiger partial charge >= 0.3 is 0 Å². The second-order valence-electron chi connectivity index (χ2n) is 1.18. The van der Waals surface area contributed by atoms with Gasteiger partial charge in [-0.15, -0.1) is 23.2 Å². The summed E-state index contributed by atoms with van der Waals surface area (Å²) in [6, 6.07) is 0. The molecule has 0 aromatic carbocycles. The molecule has 1 nitrogen and oxygen atoms in total. The zero-order valence-electron chi connectivity index (χ0n) is 5.59. The summed E-state index contributed by atoms with van der Waals surface area (Å²) in [5.41, 5.74) is 1.79. The minimum absolute atomic E-state index is 1.60. The van der Waals surface area contributed by atoms with Crippen molar-refractivity contribution in [3.05, 3.63) is 17.1 Å². The van der Waals surface area contributed by atoms with Crippen molar-refractivity contribution in [2.45, 2.75) is 13.8 Å². The van der Waals surface area contributed by atoms with Gasteiger partial charge < -0.3 is 0 Å². The van der Waals surface area contributed by atoms with Gasteiger partial charge in [0.2, 0.25) is 0 Å². The molecule has 48 valence electrons. The second kappa shape index (κ2) is 7.19. The summed E-state index contributed by atoms with van der Waals surface area (Å²) in [4.78, 5) is 3.74. The number of hydrogen-bond acceptors (Lipinski definition) is 2. The molecule has 0 spiro atoms. The van der Waals surface area contributed by atoms with E-state index in [-0.39, 0.29) is 0 Å². The first-order valence-electron chi connectivity index (χ1n) is 2.57. The van der Waals surface area contributed by atoms with E-state index in [2.05, 4.69) is 16.8 Å². The molecule has 0 radical (unpaired) electrons. The minimum Gasteiger partial charge on any atom is -0.253 e. The summed E-state index contributed by atoms with van der Waals surface area (Å²) in [6.45, 7) is 3.64. The fraction of sp³-hybridized carbons (Fsp3) is 0.286. The normalized spacial score (nSPS) is 6.00. The van der Waals surface area contributed by atoms with E-state index >= 15 is 0 Å². The summed E-state index contributed by atoms with van der Waals surface area (Å²) in [6.07, 6.45) is 1.77. The topological polar surface area (TPSA) is 12.9 Å². The van der Waals surface area contributed by atoms with Crippen molar-refractivity contribution < 1.29 is 0 Å². The average Bonchev–Trinajstić information content (AvgIpc) is 2.43. The summed E-state index contributed by atoms with van der Waals surface area (Å²) in [5, 5.41) is 1.93. The van der Waals surface area contributed by atoms with Crippen LogP contribution in [0.15, 0.2) is 17.1 Å². The van der Waals surface area contributed by atoms with E-state index < -0.39 is 0 Å². The van der Waals surface area contributed by atoms with Crippen LogP contribution in [0.1, 0.15) is 13.8 Å². The van der Waals surface area contributed by atoms with Crippen molar-refractivity contribution >= 4 is 11.3 Å². The van der Waals surface area contributed by atoms with Crippen LogP contribution in [0, 0.1) is 11.8 Å². The summed E-state index contributed by atoms with van der Waals surface area (Å²) in [7, 11) is 0. The first-order valence-corrected chi connectivity index (χ1v) is 3.51. The van der Waals surface area contributed by atoms with Crippen LogP contribution in [0.25, 0.3) is 0 Å². The predicted octanol–water partition coefficient (Wildman–Crippen LogP) is 2.17. The van der Waals surface area contributed by atoms with Crippen molar-refractivity contribution in [3.8, 4) is 11.8 Å². The molecule has 1 aromatic heterocycles. The van der Waals surface area contributed by atoms with E-state index in [0.717, 1.165) is 0 Å². The van der Waals surface area contributed by atoms with E-state index in [4.69, 9.17) is 0 Å². The molecule has 1 aromatic rings. The van der Waals surface area contributed by atoms with Crippen molar-refractivity contribution in [1.29, 1.82) is 0 Å². The standard InChI is InChI=1S/C4H6.C3H3NS/c1-3-4-2;1-2-5-3-4-1/h1-2H3;1-3H. The Hall–Kier alpha value is -0.810. The molecule has 9 heavy (non-hydrogen) atoms. The summed E-state index contributed by atoms with van der Waals surface area (Å²) in [5.74, 6) is 5.36. The number of nitrogens with zero attached hydrogens (tertiary/aromatic N) is 1. The molecule has 0 saturated heterocycles. The van der Waals surface area contributed by atoms with Gasteiger partial charge in [-0.1, -0.05) is 0 Å². The molecule has 0 N–H and O–H groups in total. The predicted molar refractivity (Wildman–Crippen MR) is 41.2 cm³/mol. The Labute approximate surface area is 59.8 Å². The maximum atomic E-state index is 3.74. The lowest BCUT2D eigenvalue weighted by atomic mass is 10.7. The number of thiazole rings is 1. The largest absolute Gasteiger partial charge is 0.253 e. The molecule has 0 fully saturated rings. The van der Waals surface area contributed by atoms with Crippen molar-refractivity contribution in [1.82, 2.24) is 4.98 Å². The third-order valence-electron chi connectivity index (χ3n) is 0.597. The Morgan fingerprint density at radius 2 is 2.00 bits per heavy atom. The summed E-state index contributed by atoms with van der Waals surface area (Å²) >= 11 is 1.60. The molecule has 0 bridgehead atoms. The number of hydrogen-bond donors (Lipinski definition) is 0. The minimum atomic E-state index is 1.60. The van der Waals surface area contributed by atoms with Gasteiger partial charge in [0, 0.05) is 11.6 Å². The second-order valence-corrected chi connectivity index (χ2v) is 1.93. The van der Waals surface area contributed by atoms with Crippen LogP contribution < -0.4 is 0 Å². The molecule has 2 heteroatoms. The molecule has 1 rings (SSSR count). The van der Waals surface area contributed by atoms with Crippen LogP contribution in [0.5, 0.6) is 0 Å². The van der Waals surface area contributed by atoms with Crippen molar-refractivity contribution in [2.24, 2.45) is 0 Å². The van der Waals surface area contributed by atoms with E-state index in [9.17, 15) is 0 Å². The first-order chi connectivity index (χ1) is 4.41. The van der Waals surface area contributed by atoms with Gasteiger partial charge in [0.1, 0.15) is 0 Å². The fourth-order valence-electron chi connectivity index (χ4n) is 0.176. The lowest BCUT2D eigenvalue weighted by Crippen LogP contribution is -1.38. The Kier molecular flexibility index (Phi) is 6.54. The van der Waals surface area contributed by atoms with E-state index in [0.29, 0.717) is 0 Å². The van der Waals surface area contributed by atoms with E-state index in [1.54, 1.807) is 23.0 Å². The van der Waals surface area contributed by atoms with Gasteiger partial charge in [0.05, 0.1) is 5.51 Å². The van der Waals surface area contributed by atoms with Crippen LogP contribution in [-0.4, -0.2) is 4.98 Å². The molecule has 0 unspecified atom stereocenters. The van der Waals surface area contributed by atoms with Crippen LogP contribution >= 0.6 is 11.3 Å². The number of rotatable bonds is 0. The Morgan fingerprint density at radius 3 is 2.11 bits per heavy atom. The maximum absolute atomic E-state index is 3.74. The van der Waals surface area contributed by atoms with Crippen LogP contribution in [0.2, 0.25) is 0 Å². The van der Waals surface area contributed by atoms with Crippen molar-refractivity contribution in [2.75, 3.05) is 0 Å². The smallest absolute Gasteiger partial charge is 0.0791 e. The van der Waals surface area contributed by atoms with Crippen molar-refractivity contribution in [3.63, 3.8) is 0 Å². The molecule has 0 aliphatic rings. The molecule has 0 aliphatic carbocycles. The fourth-order valence-corrected chi connectivity index (χ4v) is 0.527. The molecule has 0 saturated carbocycles. The zero-order valence-corrected chi connectivity index (χ0v) is 6.40. The van der Waals surface area contributed by atoms with E-state index in [1.165, 1.54) is 0 Å². The molecule has 0 aliphatic heterocycles. The Balaban J connectivity index is 0.000000148. The monoisotopic (exact) mass is 139 g/mol. The van der Waals surface area contributed by atoms with Gasteiger partial charge in [-0.25, -0.2) is 0 Å². The van der Waals surface area contributed by atoms with Crippen LogP contribution in [-0.2, 0) is 0 Å². The third-order valence-corrected chi connectivity index (χ3v) is 1.12. The molecular weight excluding hydrogens is 130 g/mol.